The number of benzene rings is 2. The molecule has 0 fully saturated rings. The number of nitrogens with one attached hydrogen (secondary N) is 2. The molecule has 0 heterocycles. The lowest BCUT2D eigenvalue weighted by molar-refractivity contribution is 0.0846. The Morgan fingerprint density at radius 2 is 1.58 bits per heavy atom. The van der Waals surface area contributed by atoms with Crippen molar-refractivity contribution in [3.05, 3.63) is 58.1 Å². The molecule has 4 N–H and O–H groups in total. The molecule has 0 saturated carbocycles. The zero-order valence-corrected chi connectivity index (χ0v) is 15.4. The molecule has 2 amide bonds. The molecule has 0 bridgehead atoms. The smallest absolute Gasteiger partial charge is 0.269 e. The van der Waals surface area contributed by atoms with Crippen molar-refractivity contribution in [1.82, 2.24) is 10.9 Å². The number of carbonyl (C=O) groups is 2. The fourth-order valence-electron chi connectivity index (χ4n) is 2.08. The molecular weight excluding hydrogens is 382 g/mol. The Bertz CT molecular complexity index is 976. The standard InChI is InChI=1S/C16H16ClN3O5S/c1-9-3-4-10(7-13(9)25-2)15(21)19-20-16(22)11-5-6-12(17)14(8-11)26(18,23)24/h3-8H,1-2H3,(H,19,21)(H,20,22)(H2,18,23,24). The summed E-state index contributed by atoms with van der Waals surface area (Å²) in [5.41, 5.74) is 5.50. The number of halogens is 1. The first-order chi connectivity index (χ1) is 12.1. The first-order valence-corrected chi connectivity index (χ1v) is 9.13. The lowest BCUT2D eigenvalue weighted by Crippen LogP contribution is -2.41. The van der Waals surface area contributed by atoms with E-state index in [2.05, 4.69) is 10.9 Å². The maximum absolute atomic E-state index is 12.1. The third-order valence-electron chi connectivity index (χ3n) is 3.46. The molecule has 0 radical (unpaired) electrons. The molecule has 0 spiro atoms. The number of amides is 2. The van der Waals surface area contributed by atoms with Crippen LogP contribution in [-0.4, -0.2) is 27.3 Å². The zero-order valence-electron chi connectivity index (χ0n) is 13.9. The minimum absolute atomic E-state index is 0.0415. The first kappa shape index (κ1) is 19.7. The Balaban J connectivity index is 2.13. The summed E-state index contributed by atoms with van der Waals surface area (Å²) in [6, 6.07) is 8.34. The monoisotopic (exact) mass is 397 g/mol. The van der Waals surface area contributed by atoms with Crippen LogP contribution >= 0.6 is 11.6 Å². The van der Waals surface area contributed by atoms with Crippen LogP contribution in [0.25, 0.3) is 0 Å². The number of methoxy groups -OCH3 is 1. The highest BCUT2D eigenvalue weighted by atomic mass is 35.5. The van der Waals surface area contributed by atoms with Crippen LogP contribution in [-0.2, 0) is 10.0 Å². The molecule has 2 rings (SSSR count). The van der Waals surface area contributed by atoms with Crippen LogP contribution < -0.4 is 20.7 Å². The summed E-state index contributed by atoms with van der Waals surface area (Å²) in [4.78, 5) is 23.9. The number of hydrazine groups is 1. The molecule has 10 heteroatoms. The highest BCUT2D eigenvalue weighted by Crippen LogP contribution is 2.21. The van der Waals surface area contributed by atoms with Gasteiger partial charge in [0.1, 0.15) is 10.6 Å². The maximum atomic E-state index is 12.1. The molecule has 2 aromatic carbocycles. The summed E-state index contributed by atoms with van der Waals surface area (Å²) in [5.74, 6) is -0.782. The Labute approximate surface area is 155 Å². The molecular formula is C16H16ClN3O5S. The van der Waals surface area contributed by atoms with Crippen LogP contribution in [0.15, 0.2) is 41.3 Å². The van der Waals surface area contributed by atoms with E-state index >= 15 is 0 Å². The number of carbonyl (C=O) groups excluding carboxylic acids is 2. The van der Waals surface area contributed by atoms with Crippen molar-refractivity contribution >= 4 is 33.4 Å². The van der Waals surface area contributed by atoms with Gasteiger partial charge in [-0.05, 0) is 42.8 Å². The van der Waals surface area contributed by atoms with E-state index in [1.807, 2.05) is 6.92 Å². The number of primary sulfonamides is 1. The third-order valence-corrected chi connectivity index (χ3v) is 4.85. The van der Waals surface area contributed by atoms with Gasteiger partial charge >= 0.3 is 0 Å². The van der Waals surface area contributed by atoms with Crippen LogP contribution in [0.5, 0.6) is 5.75 Å². The van der Waals surface area contributed by atoms with E-state index in [1.54, 1.807) is 12.1 Å². The second-order valence-corrected chi connectivity index (χ2v) is 7.22. The average Bonchev–Trinajstić information content (AvgIpc) is 2.59. The summed E-state index contributed by atoms with van der Waals surface area (Å²) < 4.78 is 28.0. The van der Waals surface area contributed by atoms with Gasteiger partial charge < -0.3 is 4.74 Å². The van der Waals surface area contributed by atoms with Crippen molar-refractivity contribution in [3.8, 4) is 5.75 Å². The molecule has 0 aliphatic carbocycles. The summed E-state index contributed by atoms with van der Waals surface area (Å²) in [7, 11) is -2.61. The average molecular weight is 398 g/mol. The number of hydrogen-bond acceptors (Lipinski definition) is 5. The minimum Gasteiger partial charge on any atom is -0.496 e. The van der Waals surface area contributed by atoms with Crippen molar-refractivity contribution < 1.29 is 22.7 Å². The van der Waals surface area contributed by atoms with Crippen molar-refractivity contribution in [2.45, 2.75) is 11.8 Å². The predicted molar refractivity (Wildman–Crippen MR) is 95.5 cm³/mol. The van der Waals surface area contributed by atoms with E-state index in [0.717, 1.165) is 11.6 Å². The number of hydrogen-bond donors (Lipinski definition) is 3. The number of ether oxygens (including phenoxy) is 1. The summed E-state index contributed by atoms with van der Waals surface area (Å²) in [6.45, 7) is 1.83. The SMILES string of the molecule is COc1cc(C(=O)NNC(=O)c2ccc(Cl)c(S(N)(=O)=O)c2)ccc1C. The van der Waals surface area contributed by atoms with Crippen LogP contribution in [0.2, 0.25) is 5.02 Å². The lowest BCUT2D eigenvalue weighted by atomic mass is 10.1. The summed E-state index contributed by atoms with van der Waals surface area (Å²) in [5, 5.41) is 4.93. The van der Waals surface area contributed by atoms with Gasteiger partial charge in [0.25, 0.3) is 11.8 Å². The molecule has 0 aliphatic rings. The Morgan fingerprint density at radius 1 is 1.04 bits per heavy atom. The van der Waals surface area contributed by atoms with Crippen LogP contribution in [0.3, 0.4) is 0 Å². The van der Waals surface area contributed by atoms with Gasteiger partial charge in [0, 0.05) is 11.1 Å². The van der Waals surface area contributed by atoms with Crippen LogP contribution in [0.4, 0.5) is 0 Å². The van der Waals surface area contributed by atoms with E-state index in [0.29, 0.717) is 5.75 Å². The Morgan fingerprint density at radius 3 is 2.12 bits per heavy atom. The van der Waals surface area contributed by atoms with Gasteiger partial charge in [-0.2, -0.15) is 0 Å². The first-order valence-electron chi connectivity index (χ1n) is 7.21. The zero-order chi connectivity index (χ0) is 19.5. The summed E-state index contributed by atoms with van der Waals surface area (Å²) >= 11 is 5.76. The largest absolute Gasteiger partial charge is 0.496 e. The second kappa shape index (κ2) is 7.73. The third kappa shape index (κ3) is 4.51. The lowest BCUT2D eigenvalue weighted by Gasteiger charge is -2.10. The molecule has 0 aromatic heterocycles. The number of nitrogens with two attached hydrogens (primary N) is 1. The number of aryl methyl sites for hydroxylation is 1. The Hall–Kier alpha value is -2.62. The maximum Gasteiger partial charge on any atom is 0.269 e. The van der Waals surface area contributed by atoms with Crippen molar-refractivity contribution in [2.24, 2.45) is 5.14 Å². The molecule has 0 aliphatic heterocycles. The van der Waals surface area contributed by atoms with E-state index < -0.39 is 21.8 Å². The van der Waals surface area contributed by atoms with Gasteiger partial charge in [0.05, 0.1) is 12.1 Å². The van der Waals surface area contributed by atoms with Crippen molar-refractivity contribution in [2.75, 3.05) is 7.11 Å². The van der Waals surface area contributed by atoms with Crippen LogP contribution in [0.1, 0.15) is 26.3 Å². The topological polar surface area (TPSA) is 128 Å². The van der Waals surface area contributed by atoms with Crippen molar-refractivity contribution in [3.63, 3.8) is 0 Å². The van der Waals surface area contributed by atoms with Gasteiger partial charge in [0.2, 0.25) is 10.0 Å². The minimum atomic E-state index is -4.09. The molecule has 138 valence electrons. The molecule has 26 heavy (non-hydrogen) atoms. The quantitative estimate of drug-likeness (QED) is 0.671. The van der Waals surface area contributed by atoms with Crippen LogP contribution in [0, 0.1) is 6.92 Å². The van der Waals surface area contributed by atoms with E-state index in [1.165, 1.54) is 25.3 Å². The highest BCUT2D eigenvalue weighted by molar-refractivity contribution is 7.89. The van der Waals surface area contributed by atoms with E-state index in [4.69, 9.17) is 21.5 Å². The molecule has 2 aromatic rings. The van der Waals surface area contributed by atoms with Gasteiger partial charge in [-0.1, -0.05) is 17.7 Å². The molecule has 0 saturated heterocycles. The molecule has 0 unspecified atom stereocenters. The number of rotatable bonds is 4. The highest BCUT2D eigenvalue weighted by Gasteiger charge is 2.17. The molecule has 0 atom stereocenters. The molecule has 8 nitrogen and oxygen atoms in total. The fourth-order valence-corrected chi connectivity index (χ4v) is 3.15. The fraction of sp³-hybridized carbons (Fsp3) is 0.125. The predicted octanol–water partition coefficient (Wildman–Crippen LogP) is 1.38. The van der Waals surface area contributed by atoms with Gasteiger partial charge in [0.15, 0.2) is 0 Å². The van der Waals surface area contributed by atoms with E-state index in [-0.39, 0.29) is 21.0 Å². The number of sulfonamides is 1. The Kier molecular flexibility index (Phi) is 5.86. The van der Waals surface area contributed by atoms with Gasteiger partial charge in [-0.3, -0.25) is 20.4 Å². The van der Waals surface area contributed by atoms with Crippen molar-refractivity contribution in [1.29, 1.82) is 0 Å². The van der Waals surface area contributed by atoms with Gasteiger partial charge in [-0.25, -0.2) is 13.6 Å². The second-order valence-electron chi connectivity index (χ2n) is 5.28. The summed E-state index contributed by atoms with van der Waals surface area (Å²) in [6.07, 6.45) is 0. The van der Waals surface area contributed by atoms with Gasteiger partial charge in [-0.15, -0.1) is 0 Å². The van der Waals surface area contributed by atoms with E-state index in [9.17, 15) is 18.0 Å². The normalized spacial score (nSPS) is 10.9.